The summed E-state index contributed by atoms with van der Waals surface area (Å²) in [6.07, 6.45) is 2.47. The van der Waals surface area contributed by atoms with Crippen molar-refractivity contribution in [2.24, 2.45) is 11.8 Å². The fourth-order valence-electron chi connectivity index (χ4n) is 4.20. The zero-order chi connectivity index (χ0) is 21.3. The van der Waals surface area contributed by atoms with Crippen molar-refractivity contribution in [2.75, 3.05) is 19.6 Å². The van der Waals surface area contributed by atoms with Crippen LogP contribution in [0.2, 0.25) is 0 Å². The zero-order valence-electron chi connectivity index (χ0n) is 16.4. The van der Waals surface area contributed by atoms with Gasteiger partial charge in [0.15, 0.2) is 4.90 Å². The first-order valence-electron chi connectivity index (χ1n) is 10.1. The van der Waals surface area contributed by atoms with Crippen molar-refractivity contribution in [3.63, 3.8) is 0 Å². The van der Waals surface area contributed by atoms with E-state index in [0.717, 1.165) is 36.8 Å². The van der Waals surface area contributed by atoms with E-state index in [9.17, 15) is 18.5 Å². The number of sulfonamides is 1. The number of nitro groups is 1. The predicted octanol–water partition coefficient (Wildman–Crippen LogP) is 3.59. The number of nitrogens with zero attached hydrogens (tertiary/aromatic N) is 2. The van der Waals surface area contributed by atoms with Crippen molar-refractivity contribution in [2.45, 2.75) is 30.2 Å². The molecular formula is C21H24BrN3O4S. The molecule has 4 rings (SSSR count). The van der Waals surface area contributed by atoms with Crippen LogP contribution in [0.25, 0.3) is 0 Å². The van der Waals surface area contributed by atoms with Gasteiger partial charge in [0.05, 0.1) is 4.92 Å². The standard InChI is InChI=1S/C21H24BrN3O4S/c22-18-5-3-4-15(11-18)10-16-12-23-13-17(16)14-24(19-8-9-19)30(28,29)21-7-2-1-6-20(21)25(26)27/h1-7,11,16-17,19,23H,8-10,12-14H2/t16-,17+/m1/s1. The van der Waals surface area contributed by atoms with Gasteiger partial charge in [-0.2, -0.15) is 4.31 Å². The van der Waals surface area contributed by atoms with Crippen molar-refractivity contribution in [3.8, 4) is 0 Å². The first-order chi connectivity index (χ1) is 14.4. The van der Waals surface area contributed by atoms with Crippen LogP contribution < -0.4 is 5.32 Å². The number of halogens is 1. The first kappa shape index (κ1) is 21.4. The minimum atomic E-state index is -3.95. The maximum absolute atomic E-state index is 13.4. The minimum Gasteiger partial charge on any atom is -0.316 e. The fourth-order valence-corrected chi connectivity index (χ4v) is 6.54. The highest BCUT2D eigenvalue weighted by molar-refractivity contribution is 9.10. The molecule has 2 aromatic carbocycles. The third-order valence-corrected chi connectivity index (χ3v) is 8.34. The molecule has 2 aromatic rings. The molecule has 1 aliphatic carbocycles. The molecule has 1 saturated heterocycles. The molecule has 1 aliphatic heterocycles. The van der Waals surface area contributed by atoms with Crippen LogP contribution in [0.1, 0.15) is 18.4 Å². The highest BCUT2D eigenvalue weighted by Crippen LogP contribution is 2.37. The van der Waals surface area contributed by atoms with Crippen LogP contribution in [-0.2, 0) is 16.4 Å². The van der Waals surface area contributed by atoms with Gasteiger partial charge in [-0.05, 0) is 68.0 Å². The molecule has 0 radical (unpaired) electrons. The average molecular weight is 494 g/mol. The molecule has 1 N–H and O–H groups in total. The van der Waals surface area contributed by atoms with Crippen LogP contribution in [0.4, 0.5) is 5.69 Å². The molecule has 0 amide bonds. The molecule has 2 aliphatic rings. The Kier molecular flexibility index (Phi) is 6.24. The van der Waals surface area contributed by atoms with Crippen molar-refractivity contribution >= 4 is 31.6 Å². The van der Waals surface area contributed by atoms with E-state index in [1.165, 1.54) is 34.1 Å². The van der Waals surface area contributed by atoms with Crippen molar-refractivity contribution in [1.82, 2.24) is 9.62 Å². The molecule has 1 heterocycles. The quantitative estimate of drug-likeness (QED) is 0.447. The van der Waals surface area contributed by atoms with E-state index >= 15 is 0 Å². The summed E-state index contributed by atoms with van der Waals surface area (Å²) in [5, 5.41) is 14.8. The Morgan fingerprint density at radius 3 is 2.53 bits per heavy atom. The van der Waals surface area contributed by atoms with Gasteiger partial charge in [-0.3, -0.25) is 10.1 Å². The Morgan fingerprint density at radius 2 is 1.83 bits per heavy atom. The van der Waals surface area contributed by atoms with Gasteiger partial charge in [0, 0.05) is 23.1 Å². The molecule has 1 saturated carbocycles. The van der Waals surface area contributed by atoms with E-state index in [1.54, 1.807) is 0 Å². The molecule has 9 heteroatoms. The summed E-state index contributed by atoms with van der Waals surface area (Å²) in [6.45, 7) is 1.96. The second kappa shape index (κ2) is 8.74. The van der Waals surface area contributed by atoms with Crippen molar-refractivity contribution in [1.29, 1.82) is 0 Å². The van der Waals surface area contributed by atoms with Gasteiger partial charge >= 0.3 is 0 Å². The number of hydrogen-bond acceptors (Lipinski definition) is 5. The summed E-state index contributed by atoms with van der Waals surface area (Å²) in [7, 11) is -3.95. The van der Waals surface area contributed by atoms with Crippen LogP contribution in [-0.4, -0.2) is 43.3 Å². The molecule has 160 valence electrons. The van der Waals surface area contributed by atoms with E-state index in [1.807, 2.05) is 12.1 Å². The van der Waals surface area contributed by atoms with Crippen LogP contribution in [0.15, 0.2) is 57.9 Å². The molecule has 2 fully saturated rings. The summed E-state index contributed by atoms with van der Waals surface area (Å²) in [4.78, 5) is 10.6. The fraction of sp³-hybridized carbons (Fsp3) is 0.429. The number of para-hydroxylation sites is 1. The lowest BCUT2D eigenvalue weighted by Gasteiger charge is -2.27. The average Bonchev–Trinajstić information content (AvgIpc) is 3.46. The summed E-state index contributed by atoms with van der Waals surface area (Å²) >= 11 is 3.51. The van der Waals surface area contributed by atoms with Gasteiger partial charge in [-0.15, -0.1) is 0 Å². The Bertz CT molecular complexity index is 1040. The highest BCUT2D eigenvalue weighted by Gasteiger charge is 2.43. The smallest absolute Gasteiger partial charge is 0.289 e. The lowest BCUT2D eigenvalue weighted by atomic mass is 9.89. The lowest BCUT2D eigenvalue weighted by Crippen LogP contribution is -2.39. The zero-order valence-corrected chi connectivity index (χ0v) is 18.8. The van der Waals surface area contributed by atoms with E-state index in [-0.39, 0.29) is 22.5 Å². The van der Waals surface area contributed by atoms with Gasteiger partial charge in [0.25, 0.3) is 5.69 Å². The number of rotatable bonds is 8. The van der Waals surface area contributed by atoms with E-state index in [0.29, 0.717) is 12.5 Å². The van der Waals surface area contributed by atoms with Gasteiger partial charge in [-0.25, -0.2) is 8.42 Å². The Hall–Kier alpha value is -1.81. The number of nitrogens with one attached hydrogen (secondary N) is 1. The normalized spacial score (nSPS) is 21.8. The molecule has 0 spiro atoms. The largest absolute Gasteiger partial charge is 0.316 e. The monoisotopic (exact) mass is 493 g/mol. The lowest BCUT2D eigenvalue weighted by molar-refractivity contribution is -0.387. The number of hydrogen-bond donors (Lipinski definition) is 1. The highest BCUT2D eigenvalue weighted by atomic mass is 79.9. The minimum absolute atomic E-state index is 0.0677. The van der Waals surface area contributed by atoms with Crippen LogP contribution in [0, 0.1) is 22.0 Å². The molecule has 7 nitrogen and oxygen atoms in total. The maximum Gasteiger partial charge on any atom is 0.289 e. The van der Waals surface area contributed by atoms with Gasteiger partial charge in [0.1, 0.15) is 0 Å². The topological polar surface area (TPSA) is 92.5 Å². The molecule has 2 atom stereocenters. The van der Waals surface area contributed by atoms with Gasteiger partial charge in [-0.1, -0.05) is 40.2 Å². The number of benzene rings is 2. The van der Waals surface area contributed by atoms with Crippen molar-refractivity contribution < 1.29 is 13.3 Å². The van der Waals surface area contributed by atoms with E-state index in [4.69, 9.17) is 0 Å². The summed E-state index contributed by atoms with van der Waals surface area (Å²) in [6, 6.07) is 13.7. The first-order valence-corrected chi connectivity index (χ1v) is 12.3. The Labute approximate surface area is 184 Å². The number of nitro benzene ring substituents is 1. The Balaban J connectivity index is 1.57. The third-order valence-electron chi connectivity index (χ3n) is 5.88. The summed E-state index contributed by atoms with van der Waals surface area (Å²) in [5.74, 6) is 0.462. The predicted molar refractivity (Wildman–Crippen MR) is 118 cm³/mol. The van der Waals surface area contributed by atoms with Crippen LogP contribution in [0.5, 0.6) is 0 Å². The molecule has 30 heavy (non-hydrogen) atoms. The second-order valence-electron chi connectivity index (χ2n) is 8.04. The van der Waals surface area contributed by atoms with E-state index < -0.39 is 14.9 Å². The summed E-state index contributed by atoms with van der Waals surface area (Å²) in [5.41, 5.74) is 0.848. The molecule has 0 bridgehead atoms. The van der Waals surface area contributed by atoms with Gasteiger partial charge in [0.2, 0.25) is 10.0 Å². The molecule has 0 unspecified atom stereocenters. The second-order valence-corrected chi connectivity index (χ2v) is 10.8. The molecular weight excluding hydrogens is 470 g/mol. The Morgan fingerprint density at radius 1 is 1.10 bits per heavy atom. The molecule has 0 aromatic heterocycles. The van der Waals surface area contributed by atoms with Gasteiger partial charge < -0.3 is 5.32 Å². The summed E-state index contributed by atoms with van der Waals surface area (Å²) < 4.78 is 29.4. The van der Waals surface area contributed by atoms with Crippen LogP contribution in [0.3, 0.4) is 0 Å². The third kappa shape index (κ3) is 4.59. The SMILES string of the molecule is O=[N+]([O-])c1ccccc1S(=O)(=O)N(C[C@@H]1CNC[C@H]1Cc1cccc(Br)c1)C1CC1. The maximum atomic E-state index is 13.4. The van der Waals surface area contributed by atoms with Crippen molar-refractivity contribution in [3.05, 3.63) is 68.7 Å². The van der Waals surface area contributed by atoms with Crippen LogP contribution >= 0.6 is 15.9 Å². The van der Waals surface area contributed by atoms with E-state index in [2.05, 4.69) is 33.4 Å².